The van der Waals surface area contributed by atoms with Crippen LogP contribution >= 0.6 is 0 Å². The van der Waals surface area contributed by atoms with Crippen LogP contribution in [-0.4, -0.2) is 17.8 Å². The predicted octanol–water partition coefficient (Wildman–Crippen LogP) is 2.94. The highest BCUT2D eigenvalue weighted by Crippen LogP contribution is 2.26. The molecule has 0 amide bonds. The molecule has 98 valence electrons. The van der Waals surface area contributed by atoms with Gasteiger partial charge in [-0.05, 0) is 24.3 Å². The molecule has 1 aliphatic heterocycles. The average Bonchev–Trinajstić information content (AvgIpc) is 2.48. The van der Waals surface area contributed by atoms with E-state index < -0.39 is 17.8 Å². The van der Waals surface area contributed by atoms with E-state index in [1.165, 1.54) is 0 Å². The molecular weight excluding hydrogens is 256 g/mol. The molecule has 5 heteroatoms. The van der Waals surface area contributed by atoms with Crippen molar-refractivity contribution in [1.82, 2.24) is 0 Å². The minimum Gasteiger partial charge on any atom is -0.424 e. The normalized spacial score (nSPS) is 17.9. The first-order chi connectivity index (χ1) is 9.75. The van der Waals surface area contributed by atoms with Crippen molar-refractivity contribution >= 4 is 17.4 Å². The van der Waals surface area contributed by atoms with Gasteiger partial charge in [0.2, 0.25) is 11.8 Å². The fourth-order valence-electron chi connectivity index (χ4n) is 1.90. The molecule has 0 N–H and O–H groups in total. The molecule has 1 atom stereocenters. The lowest BCUT2D eigenvalue weighted by molar-refractivity contribution is -0.135. The molecule has 1 unspecified atom stereocenters. The number of hydrogen-bond donors (Lipinski definition) is 0. The summed E-state index contributed by atoms with van der Waals surface area (Å²) in [6.45, 7) is 0. The second-order valence-electron chi connectivity index (χ2n) is 4.24. The van der Waals surface area contributed by atoms with Gasteiger partial charge in [0.25, 0.3) is 0 Å². The molecule has 0 fully saturated rings. The Bertz CT molecular complexity index is 695. The van der Waals surface area contributed by atoms with Crippen molar-refractivity contribution < 1.29 is 14.3 Å². The monoisotopic (exact) mass is 266 g/mol. The Morgan fingerprint density at radius 1 is 0.900 bits per heavy atom. The van der Waals surface area contributed by atoms with E-state index in [0.29, 0.717) is 11.3 Å². The first-order valence-electron chi connectivity index (χ1n) is 6.06. The quantitative estimate of drug-likeness (QED) is 0.363. The molecule has 0 saturated heterocycles. The number of para-hydroxylation sites is 1. The number of carbonyl (C=O) groups is 2. The van der Waals surface area contributed by atoms with Gasteiger partial charge in [0.15, 0.2) is 0 Å². The van der Waals surface area contributed by atoms with E-state index in [1.807, 2.05) is 6.07 Å². The van der Waals surface area contributed by atoms with E-state index in [0.717, 1.165) is 0 Å². The highest BCUT2D eigenvalue weighted by atomic mass is 16.5. The number of ketones is 1. The second-order valence-corrected chi connectivity index (χ2v) is 4.24. The van der Waals surface area contributed by atoms with Crippen molar-refractivity contribution in [2.75, 3.05) is 0 Å². The number of Topliss-reactive ketones (excluding diaryl/α,β-unsaturated/α-hetero) is 1. The minimum atomic E-state index is -1.23. The molecule has 20 heavy (non-hydrogen) atoms. The SMILES string of the molecule is O=C1Oc2ccccc2C(=O)C1N=Nc1ccccc1. The van der Waals surface area contributed by atoms with E-state index in [9.17, 15) is 9.59 Å². The molecular formula is C15H10N2O3. The first-order valence-corrected chi connectivity index (χ1v) is 6.06. The van der Waals surface area contributed by atoms with Crippen molar-refractivity contribution in [2.24, 2.45) is 10.2 Å². The highest BCUT2D eigenvalue weighted by Gasteiger charge is 2.36. The number of nitrogens with zero attached hydrogens (tertiary/aromatic N) is 2. The van der Waals surface area contributed by atoms with E-state index >= 15 is 0 Å². The number of fused-ring (bicyclic) bond motifs is 1. The zero-order valence-electron chi connectivity index (χ0n) is 10.4. The summed E-state index contributed by atoms with van der Waals surface area (Å²) in [7, 11) is 0. The van der Waals surface area contributed by atoms with Crippen molar-refractivity contribution in [3.63, 3.8) is 0 Å². The summed E-state index contributed by atoms with van der Waals surface area (Å²) in [5.74, 6) is -0.821. The van der Waals surface area contributed by atoms with Crippen LogP contribution in [0.25, 0.3) is 0 Å². The number of benzene rings is 2. The van der Waals surface area contributed by atoms with Crippen molar-refractivity contribution in [3.05, 3.63) is 60.2 Å². The lowest BCUT2D eigenvalue weighted by Crippen LogP contribution is -2.36. The summed E-state index contributed by atoms with van der Waals surface area (Å²) in [6, 6.07) is 14.3. The first kappa shape index (κ1) is 12.2. The van der Waals surface area contributed by atoms with Crippen LogP contribution < -0.4 is 4.74 Å². The third kappa shape index (κ3) is 2.21. The molecule has 1 heterocycles. The zero-order valence-corrected chi connectivity index (χ0v) is 10.4. The number of azo groups is 1. The summed E-state index contributed by atoms with van der Waals surface area (Å²) >= 11 is 0. The van der Waals surface area contributed by atoms with Crippen LogP contribution in [0.3, 0.4) is 0 Å². The average molecular weight is 266 g/mol. The Labute approximate surface area is 114 Å². The largest absolute Gasteiger partial charge is 0.424 e. The highest BCUT2D eigenvalue weighted by molar-refractivity contribution is 6.16. The molecule has 0 radical (unpaired) electrons. The number of carbonyl (C=O) groups excluding carboxylic acids is 2. The van der Waals surface area contributed by atoms with Crippen LogP contribution in [0.5, 0.6) is 5.75 Å². The van der Waals surface area contributed by atoms with Gasteiger partial charge in [0.05, 0.1) is 11.3 Å². The second kappa shape index (κ2) is 5.05. The molecule has 1 aliphatic rings. The maximum atomic E-state index is 12.2. The molecule has 0 saturated carbocycles. The van der Waals surface area contributed by atoms with Crippen LogP contribution in [-0.2, 0) is 4.79 Å². The molecule has 5 nitrogen and oxygen atoms in total. The minimum absolute atomic E-state index is 0.272. The Hall–Kier alpha value is -2.82. The van der Waals surface area contributed by atoms with Gasteiger partial charge in [-0.25, -0.2) is 4.79 Å². The van der Waals surface area contributed by atoms with Gasteiger partial charge >= 0.3 is 5.97 Å². The van der Waals surface area contributed by atoms with Crippen LogP contribution in [0.15, 0.2) is 64.8 Å². The Morgan fingerprint density at radius 2 is 1.60 bits per heavy atom. The molecule has 0 aliphatic carbocycles. The number of esters is 1. The predicted molar refractivity (Wildman–Crippen MR) is 71.2 cm³/mol. The maximum absolute atomic E-state index is 12.2. The fraction of sp³-hybridized carbons (Fsp3) is 0.0667. The Kier molecular flexibility index (Phi) is 3.09. The van der Waals surface area contributed by atoms with E-state index in [4.69, 9.17) is 4.74 Å². The van der Waals surface area contributed by atoms with Gasteiger partial charge in [0.1, 0.15) is 5.75 Å². The molecule has 2 aromatic carbocycles. The molecule has 0 spiro atoms. The lowest BCUT2D eigenvalue weighted by Gasteiger charge is -2.18. The van der Waals surface area contributed by atoms with Crippen LogP contribution in [0.4, 0.5) is 5.69 Å². The third-order valence-corrected chi connectivity index (χ3v) is 2.88. The number of hydrogen-bond acceptors (Lipinski definition) is 5. The van der Waals surface area contributed by atoms with Crippen LogP contribution in [0, 0.1) is 0 Å². The standard InChI is InChI=1S/C15H10N2O3/c18-14-11-8-4-5-9-12(11)20-15(19)13(14)17-16-10-6-2-1-3-7-10/h1-9,13H. The Balaban J connectivity index is 1.90. The zero-order chi connectivity index (χ0) is 13.9. The molecule has 2 aromatic rings. The van der Waals surface area contributed by atoms with Crippen LogP contribution in [0.2, 0.25) is 0 Å². The summed E-state index contributed by atoms with van der Waals surface area (Å²) < 4.78 is 5.09. The third-order valence-electron chi connectivity index (χ3n) is 2.88. The summed E-state index contributed by atoms with van der Waals surface area (Å²) in [4.78, 5) is 24.0. The molecule has 3 rings (SSSR count). The van der Waals surface area contributed by atoms with E-state index in [1.54, 1.807) is 48.5 Å². The molecule has 0 aromatic heterocycles. The van der Waals surface area contributed by atoms with E-state index in [2.05, 4.69) is 10.2 Å². The summed E-state index contributed by atoms with van der Waals surface area (Å²) in [6.07, 6.45) is 0. The van der Waals surface area contributed by atoms with Crippen molar-refractivity contribution in [3.8, 4) is 5.75 Å². The van der Waals surface area contributed by atoms with Crippen LogP contribution in [0.1, 0.15) is 10.4 Å². The van der Waals surface area contributed by atoms with Crippen molar-refractivity contribution in [2.45, 2.75) is 6.04 Å². The summed E-state index contributed by atoms with van der Waals surface area (Å²) in [5.41, 5.74) is 0.927. The van der Waals surface area contributed by atoms with E-state index in [-0.39, 0.29) is 5.75 Å². The van der Waals surface area contributed by atoms with Gasteiger partial charge in [-0.15, -0.1) is 0 Å². The number of ether oxygens (including phenoxy) is 1. The van der Waals surface area contributed by atoms with Gasteiger partial charge in [-0.3, -0.25) is 4.79 Å². The van der Waals surface area contributed by atoms with Gasteiger partial charge < -0.3 is 4.74 Å². The number of rotatable bonds is 2. The van der Waals surface area contributed by atoms with Gasteiger partial charge in [-0.2, -0.15) is 10.2 Å². The van der Waals surface area contributed by atoms with Crippen molar-refractivity contribution in [1.29, 1.82) is 0 Å². The molecule has 0 bridgehead atoms. The topological polar surface area (TPSA) is 68.1 Å². The van der Waals surface area contributed by atoms with Gasteiger partial charge in [0, 0.05) is 0 Å². The maximum Gasteiger partial charge on any atom is 0.346 e. The fourth-order valence-corrected chi connectivity index (χ4v) is 1.90. The summed E-state index contributed by atoms with van der Waals surface area (Å²) in [5, 5.41) is 7.72. The smallest absolute Gasteiger partial charge is 0.346 e. The van der Waals surface area contributed by atoms with Gasteiger partial charge in [-0.1, -0.05) is 30.3 Å². The lowest BCUT2D eigenvalue weighted by atomic mass is 10.0. The Morgan fingerprint density at radius 3 is 2.40 bits per heavy atom.